The van der Waals surface area contributed by atoms with Crippen LogP contribution in [0.3, 0.4) is 0 Å². The third kappa shape index (κ3) is 5.62. The fourth-order valence-corrected chi connectivity index (χ4v) is 2.08. The van der Waals surface area contributed by atoms with Crippen molar-refractivity contribution in [2.75, 3.05) is 19.0 Å². The van der Waals surface area contributed by atoms with Crippen molar-refractivity contribution in [1.82, 2.24) is 5.32 Å². The lowest BCUT2D eigenvalue weighted by Gasteiger charge is -2.14. The van der Waals surface area contributed by atoms with Gasteiger partial charge < -0.3 is 20.1 Å². The molecule has 0 radical (unpaired) electrons. The summed E-state index contributed by atoms with van der Waals surface area (Å²) in [6.45, 7) is 1.12. The van der Waals surface area contributed by atoms with E-state index in [1.54, 1.807) is 54.6 Å². The Balaban J connectivity index is 1.80. The van der Waals surface area contributed by atoms with Crippen LogP contribution in [-0.2, 0) is 14.3 Å². The lowest BCUT2D eigenvalue weighted by molar-refractivity contribution is -0.152. The number of carbonyl (C=O) groups excluding carboxylic acids is 3. The van der Waals surface area contributed by atoms with E-state index < -0.39 is 23.9 Å². The fourth-order valence-electron chi connectivity index (χ4n) is 2.08. The van der Waals surface area contributed by atoms with Crippen LogP contribution in [0.1, 0.15) is 17.3 Å². The number of rotatable bonds is 7. The van der Waals surface area contributed by atoms with Gasteiger partial charge in [-0.25, -0.2) is 0 Å². The molecule has 0 aliphatic heterocycles. The highest BCUT2D eigenvalue weighted by Gasteiger charge is 2.18. The highest BCUT2D eigenvalue weighted by molar-refractivity contribution is 5.97. The Kier molecular flexibility index (Phi) is 6.73. The number of amides is 2. The summed E-state index contributed by atoms with van der Waals surface area (Å²) in [5, 5.41) is 5.08. The second kappa shape index (κ2) is 9.22. The van der Waals surface area contributed by atoms with Gasteiger partial charge in [0.1, 0.15) is 12.3 Å². The summed E-state index contributed by atoms with van der Waals surface area (Å²) < 4.78 is 10.1. The molecule has 0 bridgehead atoms. The smallest absolute Gasteiger partial charge is 0.326 e. The average Bonchev–Trinajstić information content (AvgIpc) is 2.66. The molecule has 0 unspecified atom stereocenters. The van der Waals surface area contributed by atoms with E-state index in [9.17, 15) is 14.4 Å². The summed E-state index contributed by atoms with van der Waals surface area (Å²) in [7, 11) is 1.52. The summed E-state index contributed by atoms with van der Waals surface area (Å²) in [5.41, 5.74) is 0.957. The van der Waals surface area contributed by atoms with Gasteiger partial charge in [-0.1, -0.05) is 24.3 Å². The molecule has 136 valence electrons. The topological polar surface area (TPSA) is 93.7 Å². The molecule has 0 fully saturated rings. The molecule has 1 atom stereocenters. The number of methoxy groups -OCH3 is 1. The Morgan fingerprint density at radius 3 is 2.46 bits per heavy atom. The summed E-state index contributed by atoms with van der Waals surface area (Å²) in [5.74, 6) is -0.990. The minimum atomic E-state index is -1.01. The Labute approximate surface area is 151 Å². The molecule has 2 N–H and O–H groups in total. The molecule has 7 nitrogen and oxygen atoms in total. The standard InChI is InChI=1S/C19H20N2O5/c1-13(18(23)21-15-9-6-10-16(11-15)25-2)26-17(22)12-20-19(24)14-7-4-3-5-8-14/h3-11,13H,12H2,1-2H3,(H,20,24)(H,21,23)/t13-/m0/s1. The maximum absolute atomic E-state index is 12.1. The van der Waals surface area contributed by atoms with Crippen molar-refractivity contribution in [2.24, 2.45) is 0 Å². The first kappa shape index (κ1) is 19.0. The molecule has 0 aromatic heterocycles. The van der Waals surface area contributed by atoms with E-state index in [4.69, 9.17) is 9.47 Å². The van der Waals surface area contributed by atoms with Gasteiger partial charge >= 0.3 is 5.97 Å². The molecule has 2 rings (SSSR count). The Morgan fingerprint density at radius 1 is 1.04 bits per heavy atom. The predicted molar refractivity (Wildman–Crippen MR) is 96.0 cm³/mol. The Morgan fingerprint density at radius 2 is 1.77 bits per heavy atom. The normalized spacial score (nSPS) is 11.2. The zero-order chi connectivity index (χ0) is 18.9. The summed E-state index contributed by atoms with van der Waals surface area (Å²) in [6, 6.07) is 15.3. The van der Waals surface area contributed by atoms with E-state index in [1.807, 2.05) is 0 Å². The van der Waals surface area contributed by atoms with Crippen LogP contribution in [0.15, 0.2) is 54.6 Å². The van der Waals surface area contributed by atoms with Crippen molar-refractivity contribution in [3.05, 3.63) is 60.2 Å². The number of benzene rings is 2. The number of anilines is 1. The largest absolute Gasteiger partial charge is 0.497 e. The number of hydrogen-bond acceptors (Lipinski definition) is 5. The molecule has 7 heteroatoms. The highest BCUT2D eigenvalue weighted by Crippen LogP contribution is 2.17. The van der Waals surface area contributed by atoms with E-state index in [1.165, 1.54) is 14.0 Å². The number of hydrogen-bond donors (Lipinski definition) is 2. The molecule has 0 heterocycles. The van der Waals surface area contributed by atoms with Gasteiger partial charge in [-0.2, -0.15) is 0 Å². The lowest BCUT2D eigenvalue weighted by atomic mass is 10.2. The van der Waals surface area contributed by atoms with Crippen LogP contribution in [0.4, 0.5) is 5.69 Å². The van der Waals surface area contributed by atoms with Crippen LogP contribution in [0.5, 0.6) is 5.75 Å². The van der Waals surface area contributed by atoms with Gasteiger partial charge in [0.05, 0.1) is 7.11 Å². The highest BCUT2D eigenvalue weighted by atomic mass is 16.5. The Hall–Kier alpha value is -3.35. The molecular formula is C19H20N2O5. The molecule has 0 saturated carbocycles. The van der Waals surface area contributed by atoms with Crippen molar-refractivity contribution in [1.29, 1.82) is 0 Å². The molecule has 0 aliphatic carbocycles. The van der Waals surface area contributed by atoms with Gasteiger partial charge in [0.15, 0.2) is 6.10 Å². The maximum Gasteiger partial charge on any atom is 0.326 e. The number of nitrogens with one attached hydrogen (secondary N) is 2. The molecule has 2 aromatic carbocycles. The van der Waals surface area contributed by atoms with Crippen molar-refractivity contribution in [3.8, 4) is 5.75 Å². The third-order valence-corrected chi connectivity index (χ3v) is 3.44. The first-order valence-electron chi connectivity index (χ1n) is 7.97. The average molecular weight is 356 g/mol. The van der Waals surface area contributed by atoms with E-state index in [2.05, 4.69) is 10.6 Å². The first-order chi connectivity index (χ1) is 12.5. The van der Waals surface area contributed by atoms with Crippen LogP contribution in [0.25, 0.3) is 0 Å². The van der Waals surface area contributed by atoms with Gasteiger partial charge in [0.2, 0.25) is 0 Å². The SMILES string of the molecule is COc1cccc(NC(=O)[C@H](C)OC(=O)CNC(=O)c2ccccc2)c1. The van der Waals surface area contributed by atoms with Gasteiger partial charge in [-0.05, 0) is 31.2 Å². The fraction of sp³-hybridized carbons (Fsp3) is 0.211. The molecule has 26 heavy (non-hydrogen) atoms. The molecule has 0 saturated heterocycles. The second-order valence-corrected chi connectivity index (χ2v) is 5.40. The minimum Gasteiger partial charge on any atom is -0.497 e. The summed E-state index contributed by atoms with van der Waals surface area (Å²) in [6.07, 6.45) is -1.01. The van der Waals surface area contributed by atoms with Gasteiger partial charge in [-0.15, -0.1) is 0 Å². The monoisotopic (exact) mass is 356 g/mol. The molecule has 2 amide bonds. The molecule has 2 aromatic rings. The van der Waals surface area contributed by atoms with Crippen LogP contribution < -0.4 is 15.4 Å². The van der Waals surface area contributed by atoms with Gasteiger partial charge in [0, 0.05) is 17.3 Å². The minimum absolute atomic E-state index is 0.329. The quantitative estimate of drug-likeness (QED) is 0.740. The zero-order valence-electron chi connectivity index (χ0n) is 14.5. The van der Waals surface area contributed by atoms with Crippen LogP contribution in [0, 0.1) is 0 Å². The maximum atomic E-state index is 12.1. The van der Waals surface area contributed by atoms with Crippen molar-refractivity contribution < 1.29 is 23.9 Å². The first-order valence-corrected chi connectivity index (χ1v) is 7.97. The zero-order valence-corrected chi connectivity index (χ0v) is 14.5. The molecular weight excluding hydrogens is 336 g/mol. The van der Waals surface area contributed by atoms with E-state index in [0.29, 0.717) is 17.0 Å². The Bertz CT molecular complexity index is 777. The van der Waals surface area contributed by atoms with E-state index in [0.717, 1.165) is 0 Å². The van der Waals surface area contributed by atoms with Crippen LogP contribution in [0.2, 0.25) is 0 Å². The molecule has 0 spiro atoms. The van der Waals surface area contributed by atoms with Gasteiger partial charge in [0.25, 0.3) is 11.8 Å². The number of ether oxygens (including phenoxy) is 2. The van der Waals surface area contributed by atoms with Crippen molar-refractivity contribution >= 4 is 23.5 Å². The summed E-state index contributed by atoms with van der Waals surface area (Å²) in [4.78, 5) is 35.8. The lowest BCUT2D eigenvalue weighted by Crippen LogP contribution is -2.35. The number of esters is 1. The molecule has 0 aliphatic rings. The second-order valence-electron chi connectivity index (χ2n) is 5.40. The van der Waals surface area contributed by atoms with Gasteiger partial charge in [-0.3, -0.25) is 14.4 Å². The van der Waals surface area contributed by atoms with E-state index >= 15 is 0 Å². The predicted octanol–water partition coefficient (Wildman–Crippen LogP) is 2.00. The van der Waals surface area contributed by atoms with Crippen LogP contribution >= 0.6 is 0 Å². The van der Waals surface area contributed by atoms with Crippen molar-refractivity contribution in [2.45, 2.75) is 13.0 Å². The van der Waals surface area contributed by atoms with E-state index in [-0.39, 0.29) is 6.54 Å². The third-order valence-electron chi connectivity index (χ3n) is 3.44. The number of carbonyl (C=O) groups is 3. The summed E-state index contributed by atoms with van der Waals surface area (Å²) >= 11 is 0. The van der Waals surface area contributed by atoms with Crippen molar-refractivity contribution in [3.63, 3.8) is 0 Å². The van der Waals surface area contributed by atoms with Crippen LogP contribution in [-0.4, -0.2) is 37.5 Å².